The van der Waals surface area contributed by atoms with Crippen molar-refractivity contribution in [3.63, 3.8) is 0 Å². The van der Waals surface area contributed by atoms with Crippen molar-refractivity contribution in [2.24, 2.45) is 5.73 Å². The minimum absolute atomic E-state index is 0.113. The average molecular weight is 189 g/mol. The molecule has 13 heavy (non-hydrogen) atoms. The number of nitrogens with two attached hydrogens (primary N) is 1. The lowest BCUT2D eigenvalue weighted by Gasteiger charge is -2.06. The fraction of sp³-hybridized carbons (Fsp3) is 0.889. The zero-order valence-corrected chi connectivity index (χ0v) is 8.16. The van der Waals surface area contributed by atoms with Gasteiger partial charge in [0.2, 0.25) is 0 Å². The van der Waals surface area contributed by atoms with E-state index in [0.29, 0.717) is 6.61 Å². The summed E-state index contributed by atoms with van der Waals surface area (Å²) in [5.41, 5.74) is 5.23. The number of carboxylic acid groups (broad SMARTS) is 1. The van der Waals surface area contributed by atoms with Crippen LogP contribution in [0.1, 0.15) is 32.6 Å². The molecule has 4 nitrogen and oxygen atoms in total. The number of carbonyl (C=O) groups is 1. The number of hydrogen-bond donors (Lipinski definition) is 2. The van der Waals surface area contributed by atoms with Crippen LogP contribution < -0.4 is 5.73 Å². The van der Waals surface area contributed by atoms with Crippen molar-refractivity contribution in [2.75, 3.05) is 13.2 Å². The molecule has 0 aliphatic carbocycles. The summed E-state index contributed by atoms with van der Waals surface area (Å²) in [6.07, 6.45) is 4.52. The Labute approximate surface area is 79.1 Å². The number of carboxylic acids is 1. The second kappa shape index (κ2) is 8.01. The molecule has 0 aliphatic rings. The van der Waals surface area contributed by atoms with E-state index in [2.05, 4.69) is 6.92 Å². The summed E-state index contributed by atoms with van der Waals surface area (Å²) in [6.45, 7) is 2.86. The van der Waals surface area contributed by atoms with Crippen LogP contribution in [0.25, 0.3) is 0 Å². The fourth-order valence-corrected chi connectivity index (χ4v) is 0.912. The molecule has 0 radical (unpaired) electrons. The van der Waals surface area contributed by atoms with Crippen LogP contribution in [-0.4, -0.2) is 30.3 Å². The maximum absolute atomic E-state index is 10.3. The Morgan fingerprint density at radius 1 is 1.46 bits per heavy atom. The Bertz CT molecular complexity index is 139. The number of aliphatic carboxylic acids is 1. The zero-order valence-electron chi connectivity index (χ0n) is 8.16. The van der Waals surface area contributed by atoms with E-state index in [1.165, 1.54) is 12.8 Å². The van der Waals surface area contributed by atoms with Gasteiger partial charge in [0.05, 0.1) is 6.61 Å². The van der Waals surface area contributed by atoms with Gasteiger partial charge in [-0.15, -0.1) is 0 Å². The van der Waals surface area contributed by atoms with Crippen LogP contribution in [0.4, 0.5) is 0 Å². The van der Waals surface area contributed by atoms with Gasteiger partial charge >= 0.3 is 5.97 Å². The minimum atomic E-state index is -1.01. The number of unbranched alkanes of at least 4 members (excludes halogenated alkanes) is 3. The molecular weight excluding hydrogens is 170 g/mol. The van der Waals surface area contributed by atoms with Gasteiger partial charge < -0.3 is 15.6 Å². The van der Waals surface area contributed by atoms with Crippen LogP contribution in [0, 0.1) is 0 Å². The van der Waals surface area contributed by atoms with Gasteiger partial charge in [-0.3, -0.25) is 4.79 Å². The minimum Gasteiger partial charge on any atom is -0.480 e. The van der Waals surface area contributed by atoms with Crippen LogP contribution in [0.5, 0.6) is 0 Å². The van der Waals surface area contributed by atoms with Crippen molar-refractivity contribution >= 4 is 5.97 Å². The first-order valence-electron chi connectivity index (χ1n) is 4.74. The fourth-order valence-electron chi connectivity index (χ4n) is 0.912. The first-order chi connectivity index (χ1) is 6.18. The smallest absolute Gasteiger partial charge is 0.322 e. The Morgan fingerprint density at radius 3 is 2.69 bits per heavy atom. The maximum atomic E-state index is 10.3. The molecule has 0 amide bonds. The highest BCUT2D eigenvalue weighted by atomic mass is 16.5. The molecule has 3 N–H and O–H groups in total. The van der Waals surface area contributed by atoms with Crippen molar-refractivity contribution in [1.29, 1.82) is 0 Å². The van der Waals surface area contributed by atoms with Crippen LogP contribution >= 0.6 is 0 Å². The molecule has 0 aromatic rings. The Balaban J connectivity index is 3.11. The zero-order chi connectivity index (χ0) is 10.1. The van der Waals surface area contributed by atoms with E-state index in [1.54, 1.807) is 0 Å². The average Bonchev–Trinajstić information content (AvgIpc) is 2.10. The molecule has 0 bridgehead atoms. The van der Waals surface area contributed by atoms with E-state index in [-0.39, 0.29) is 6.61 Å². The second-order valence-corrected chi connectivity index (χ2v) is 3.08. The van der Waals surface area contributed by atoms with Gasteiger partial charge in [-0.05, 0) is 6.42 Å². The number of hydrogen-bond acceptors (Lipinski definition) is 3. The lowest BCUT2D eigenvalue weighted by atomic mass is 10.2. The molecule has 0 spiro atoms. The molecule has 0 aliphatic heterocycles. The van der Waals surface area contributed by atoms with Crippen molar-refractivity contribution in [3.8, 4) is 0 Å². The number of rotatable bonds is 8. The van der Waals surface area contributed by atoms with Crippen LogP contribution in [0.3, 0.4) is 0 Å². The summed E-state index contributed by atoms with van der Waals surface area (Å²) >= 11 is 0. The van der Waals surface area contributed by atoms with E-state index in [0.717, 1.165) is 12.8 Å². The highest BCUT2D eigenvalue weighted by Gasteiger charge is 2.10. The second-order valence-electron chi connectivity index (χ2n) is 3.08. The van der Waals surface area contributed by atoms with E-state index in [1.807, 2.05) is 0 Å². The summed E-state index contributed by atoms with van der Waals surface area (Å²) in [6, 6.07) is -0.883. The standard InChI is InChI=1S/C9H19NO3/c1-2-3-4-5-6-13-7-8(10)9(11)12/h8H,2-7,10H2,1H3,(H,11,12)/t8-/m0/s1. The normalized spacial score (nSPS) is 12.8. The molecule has 0 rings (SSSR count). The SMILES string of the molecule is CCCCCCOC[C@H](N)C(=O)O. The lowest BCUT2D eigenvalue weighted by Crippen LogP contribution is -2.34. The molecule has 0 unspecified atom stereocenters. The summed E-state index contributed by atoms with van der Waals surface area (Å²) in [5, 5.41) is 8.42. The number of ether oxygens (including phenoxy) is 1. The van der Waals surface area contributed by atoms with Crippen LogP contribution in [0.2, 0.25) is 0 Å². The molecule has 4 heteroatoms. The largest absolute Gasteiger partial charge is 0.480 e. The molecule has 78 valence electrons. The first-order valence-corrected chi connectivity index (χ1v) is 4.74. The van der Waals surface area contributed by atoms with E-state index in [9.17, 15) is 4.79 Å². The molecule has 0 heterocycles. The van der Waals surface area contributed by atoms with Crippen molar-refractivity contribution in [3.05, 3.63) is 0 Å². The van der Waals surface area contributed by atoms with E-state index in [4.69, 9.17) is 15.6 Å². The monoisotopic (exact) mass is 189 g/mol. The van der Waals surface area contributed by atoms with Gasteiger partial charge in [-0.25, -0.2) is 0 Å². The van der Waals surface area contributed by atoms with Crippen LogP contribution in [-0.2, 0) is 9.53 Å². The van der Waals surface area contributed by atoms with Crippen molar-refractivity contribution in [1.82, 2.24) is 0 Å². The highest BCUT2D eigenvalue weighted by Crippen LogP contribution is 1.98. The van der Waals surface area contributed by atoms with Gasteiger partial charge in [0, 0.05) is 6.61 Å². The third-order valence-corrected chi connectivity index (χ3v) is 1.76. The molecular formula is C9H19NO3. The molecule has 1 atom stereocenters. The van der Waals surface area contributed by atoms with Crippen LogP contribution in [0.15, 0.2) is 0 Å². The maximum Gasteiger partial charge on any atom is 0.322 e. The van der Waals surface area contributed by atoms with Gasteiger partial charge in [0.25, 0.3) is 0 Å². The quantitative estimate of drug-likeness (QED) is 0.559. The summed E-state index contributed by atoms with van der Waals surface area (Å²) < 4.78 is 5.10. The molecule has 0 fully saturated rings. The van der Waals surface area contributed by atoms with Gasteiger partial charge in [-0.2, -0.15) is 0 Å². The highest BCUT2D eigenvalue weighted by molar-refractivity contribution is 5.73. The third kappa shape index (κ3) is 7.74. The van der Waals surface area contributed by atoms with Gasteiger partial charge in [-0.1, -0.05) is 26.2 Å². The van der Waals surface area contributed by atoms with Crippen molar-refractivity contribution < 1.29 is 14.6 Å². The topological polar surface area (TPSA) is 72.5 Å². The predicted octanol–water partition coefficient (Wildman–Crippen LogP) is 0.995. The van der Waals surface area contributed by atoms with E-state index >= 15 is 0 Å². The van der Waals surface area contributed by atoms with E-state index < -0.39 is 12.0 Å². The first kappa shape index (κ1) is 12.4. The molecule has 0 saturated heterocycles. The third-order valence-electron chi connectivity index (χ3n) is 1.76. The van der Waals surface area contributed by atoms with Gasteiger partial charge in [0.1, 0.15) is 6.04 Å². The lowest BCUT2D eigenvalue weighted by molar-refractivity contribution is -0.140. The Morgan fingerprint density at radius 2 is 2.15 bits per heavy atom. The Hall–Kier alpha value is -0.610. The molecule has 0 aromatic heterocycles. The molecule has 0 saturated carbocycles. The van der Waals surface area contributed by atoms with Crippen molar-refractivity contribution in [2.45, 2.75) is 38.6 Å². The Kier molecular flexibility index (Phi) is 7.63. The summed E-state index contributed by atoms with van der Waals surface area (Å²) in [5.74, 6) is -1.01. The molecule has 0 aromatic carbocycles. The predicted molar refractivity (Wildman–Crippen MR) is 50.6 cm³/mol. The summed E-state index contributed by atoms with van der Waals surface area (Å²) in [4.78, 5) is 10.3. The van der Waals surface area contributed by atoms with Gasteiger partial charge in [0.15, 0.2) is 0 Å². The summed E-state index contributed by atoms with van der Waals surface area (Å²) in [7, 11) is 0.